The molecule has 0 aliphatic rings. The lowest BCUT2D eigenvalue weighted by Gasteiger charge is -2.08. The maximum Gasteiger partial charge on any atom is 0.251 e. The number of hydrogen-bond donors (Lipinski definition) is 1. The summed E-state index contributed by atoms with van der Waals surface area (Å²) in [4.78, 5) is 14.0. The molecule has 0 unspecified atom stereocenters. The summed E-state index contributed by atoms with van der Waals surface area (Å²) in [5, 5.41) is 2.98. The van der Waals surface area contributed by atoms with Crippen LogP contribution >= 0.6 is 0 Å². The minimum absolute atomic E-state index is 0.0410. The molecule has 1 N–H and O–H groups in total. The third-order valence-electron chi connectivity index (χ3n) is 3.60. The van der Waals surface area contributed by atoms with E-state index in [-0.39, 0.29) is 5.91 Å². The highest BCUT2D eigenvalue weighted by atomic mass is 16.1. The Morgan fingerprint density at radius 2 is 1.48 bits per heavy atom. The molecule has 1 aromatic rings. The van der Waals surface area contributed by atoms with Crippen LogP contribution in [-0.2, 0) is 0 Å². The Morgan fingerprint density at radius 3 is 2.10 bits per heavy atom. The largest absolute Gasteiger partial charge is 0.352 e. The number of nitrogens with one attached hydrogen (secondary N) is 1. The van der Waals surface area contributed by atoms with Crippen molar-refractivity contribution < 1.29 is 4.79 Å². The van der Waals surface area contributed by atoms with Crippen molar-refractivity contribution in [1.82, 2.24) is 10.2 Å². The Balaban J connectivity index is 1.90. The van der Waals surface area contributed by atoms with Crippen LogP contribution in [0.3, 0.4) is 0 Å². The fourth-order valence-corrected chi connectivity index (χ4v) is 2.33. The second kappa shape index (κ2) is 11.3. The van der Waals surface area contributed by atoms with E-state index in [0.29, 0.717) is 0 Å². The summed E-state index contributed by atoms with van der Waals surface area (Å²) in [6.07, 6.45) is 8.87. The van der Waals surface area contributed by atoms with E-state index in [4.69, 9.17) is 0 Å². The first-order valence-corrected chi connectivity index (χ1v) is 8.18. The van der Waals surface area contributed by atoms with Crippen LogP contribution in [0.5, 0.6) is 0 Å². The average Bonchev–Trinajstić information content (AvgIpc) is 2.49. The molecule has 0 aromatic heterocycles. The van der Waals surface area contributed by atoms with Crippen molar-refractivity contribution in [3.63, 3.8) is 0 Å². The Labute approximate surface area is 129 Å². The van der Waals surface area contributed by atoms with Crippen LogP contribution in [0.4, 0.5) is 0 Å². The van der Waals surface area contributed by atoms with Crippen molar-refractivity contribution in [2.75, 3.05) is 27.2 Å². The molecule has 1 aromatic carbocycles. The molecule has 0 saturated carbocycles. The molecular weight excluding hydrogens is 260 g/mol. The third-order valence-corrected chi connectivity index (χ3v) is 3.60. The summed E-state index contributed by atoms with van der Waals surface area (Å²) < 4.78 is 0. The van der Waals surface area contributed by atoms with Gasteiger partial charge in [0.2, 0.25) is 0 Å². The van der Waals surface area contributed by atoms with Crippen molar-refractivity contribution in [3.05, 3.63) is 35.9 Å². The van der Waals surface area contributed by atoms with Crippen LogP contribution in [0.15, 0.2) is 30.3 Å². The quantitative estimate of drug-likeness (QED) is 0.630. The van der Waals surface area contributed by atoms with Gasteiger partial charge < -0.3 is 10.2 Å². The zero-order valence-corrected chi connectivity index (χ0v) is 13.6. The topological polar surface area (TPSA) is 32.3 Å². The lowest BCUT2D eigenvalue weighted by Crippen LogP contribution is -2.24. The van der Waals surface area contributed by atoms with E-state index < -0.39 is 0 Å². The van der Waals surface area contributed by atoms with E-state index >= 15 is 0 Å². The normalized spacial score (nSPS) is 10.8. The molecule has 1 rings (SSSR count). The molecular formula is C18H30N2O. The van der Waals surface area contributed by atoms with Crippen LogP contribution in [-0.4, -0.2) is 38.0 Å². The van der Waals surface area contributed by atoms with Gasteiger partial charge in [-0.05, 0) is 45.6 Å². The van der Waals surface area contributed by atoms with Crippen molar-refractivity contribution in [3.8, 4) is 0 Å². The number of hydrogen-bond acceptors (Lipinski definition) is 2. The molecule has 0 heterocycles. The Kier molecular flexibility index (Phi) is 9.55. The fraction of sp³-hybridized carbons (Fsp3) is 0.611. The minimum atomic E-state index is 0.0410. The first-order chi connectivity index (χ1) is 10.2. The zero-order chi connectivity index (χ0) is 15.3. The molecule has 3 nitrogen and oxygen atoms in total. The summed E-state index contributed by atoms with van der Waals surface area (Å²) in [5.74, 6) is 0.0410. The standard InChI is InChI=1S/C18H30N2O/c1-20(2)16-12-7-5-3-4-6-11-15-19-18(21)17-13-9-8-10-14-17/h8-10,13-14H,3-7,11-12,15-16H2,1-2H3,(H,19,21). The number of carbonyl (C=O) groups is 1. The molecule has 0 radical (unpaired) electrons. The van der Waals surface area contributed by atoms with Crippen molar-refractivity contribution >= 4 is 5.91 Å². The molecule has 118 valence electrons. The Morgan fingerprint density at radius 1 is 0.905 bits per heavy atom. The summed E-state index contributed by atoms with van der Waals surface area (Å²) in [6, 6.07) is 9.41. The van der Waals surface area contributed by atoms with E-state index in [1.807, 2.05) is 30.3 Å². The highest BCUT2D eigenvalue weighted by Crippen LogP contribution is 2.07. The SMILES string of the molecule is CN(C)CCCCCCCCCNC(=O)c1ccccc1. The highest BCUT2D eigenvalue weighted by Gasteiger charge is 2.02. The van der Waals surface area contributed by atoms with Crippen LogP contribution in [0.2, 0.25) is 0 Å². The predicted octanol–water partition coefficient (Wildman–Crippen LogP) is 3.71. The maximum atomic E-state index is 11.8. The summed E-state index contributed by atoms with van der Waals surface area (Å²) in [7, 11) is 4.26. The van der Waals surface area contributed by atoms with Gasteiger partial charge >= 0.3 is 0 Å². The van der Waals surface area contributed by atoms with Crippen molar-refractivity contribution in [1.29, 1.82) is 0 Å². The summed E-state index contributed by atoms with van der Waals surface area (Å²) in [6.45, 7) is 1.99. The maximum absolute atomic E-state index is 11.8. The van der Waals surface area contributed by atoms with Gasteiger partial charge in [-0.15, -0.1) is 0 Å². The van der Waals surface area contributed by atoms with Gasteiger partial charge in [-0.25, -0.2) is 0 Å². The monoisotopic (exact) mass is 290 g/mol. The number of benzene rings is 1. The molecule has 0 spiro atoms. The molecule has 0 atom stereocenters. The third kappa shape index (κ3) is 9.24. The molecule has 21 heavy (non-hydrogen) atoms. The lowest BCUT2D eigenvalue weighted by molar-refractivity contribution is 0.0953. The Hall–Kier alpha value is -1.35. The van der Waals surface area contributed by atoms with Gasteiger partial charge in [0.1, 0.15) is 0 Å². The first-order valence-electron chi connectivity index (χ1n) is 8.18. The molecule has 0 bridgehead atoms. The van der Waals surface area contributed by atoms with Crippen LogP contribution in [0.25, 0.3) is 0 Å². The van der Waals surface area contributed by atoms with Crippen molar-refractivity contribution in [2.45, 2.75) is 44.9 Å². The van der Waals surface area contributed by atoms with E-state index in [2.05, 4.69) is 24.3 Å². The summed E-state index contributed by atoms with van der Waals surface area (Å²) in [5.41, 5.74) is 0.749. The zero-order valence-electron chi connectivity index (χ0n) is 13.6. The molecule has 0 aliphatic heterocycles. The van der Waals surface area contributed by atoms with Gasteiger partial charge in [-0.2, -0.15) is 0 Å². The van der Waals surface area contributed by atoms with E-state index in [0.717, 1.165) is 18.5 Å². The molecule has 0 fully saturated rings. The molecule has 0 aliphatic carbocycles. The first kappa shape index (κ1) is 17.7. The van der Waals surface area contributed by atoms with Crippen molar-refractivity contribution in [2.24, 2.45) is 0 Å². The van der Waals surface area contributed by atoms with E-state index in [9.17, 15) is 4.79 Å². The van der Waals surface area contributed by atoms with E-state index in [1.165, 1.54) is 45.1 Å². The second-order valence-electron chi connectivity index (χ2n) is 5.90. The van der Waals surface area contributed by atoms with Crippen LogP contribution < -0.4 is 5.32 Å². The molecule has 1 amide bonds. The number of unbranched alkanes of at least 4 members (excludes halogenated alkanes) is 6. The van der Waals surface area contributed by atoms with Gasteiger partial charge in [0.15, 0.2) is 0 Å². The number of nitrogens with zero attached hydrogens (tertiary/aromatic N) is 1. The second-order valence-corrected chi connectivity index (χ2v) is 5.90. The Bertz CT molecular complexity index is 376. The highest BCUT2D eigenvalue weighted by molar-refractivity contribution is 5.94. The van der Waals surface area contributed by atoms with Gasteiger partial charge in [-0.1, -0.05) is 50.3 Å². The van der Waals surface area contributed by atoms with Gasteiger partial charge in [0.05, 0.1) is 0 Å². The molecule has 0 saturated heterocycles. The average molecular weight is 290 g/mol. The number of carbonyl (C=O) groups excluding carboxylic acids is 1. The fourth-order valence-electron chi connectivity index (χ4n) is 2.33. The molecule has 3 heteroatoms. The number of rotatable bonds is 11. The smallest absolute Gasteiger partial charge is 0.251 e. The minimum Gasteiger partial charge on any atom is -0.352 e. The lowest BCUT2D eigenvalue weighted by atomic mass is 10.1. The summed E-state index contributed by atoms with van der Waals surface area (Å²) >= 11 is 0. The van der Waals surface area contributed by atoms with E-state index in [1.54, 1.807) is 0 Å². The predicted molar refractivity (Wildman–Crippen MR) is 89.6 cm³/mol. The van der Waals surface area contributed by atoms with Crippen LogP contribution in [0, 0.1) is 0 Å². The van der Waals surface area contributed by atoms with Gasteiger partial charge in [0.25, 0.3) is 5.91 Å². The van der Waals surface area contributed by atoms with Gasteiger partial charge in [0, 0.05) is 12.1 Å². The van der Waals surface area contributed by atoms with Gasteiger partial charge in [-0.3, -0.25) is 4.79 Å². The van der Waals surface area contributed by atoms with Crippen LogP contribution in [0.1, 0.15) is 55.3 Å². The number of amides is 1.